The number of benzene rings is 1. The highest BCUT2D eigenvalue weighted by molar-refractivity contribution is 7.10. The van der Waals surface area contributed by atoms with E-state index >= 15 is 0 Å². The lowest BCUT2D eigenvalue weighted by molar-refractivity contribution is 0.412. The van der Waals surface area contributed by atoms with E-state index in [1.807, 2.05) is 36.6 Å². The molecule has 18 heavy (non-hydrogen) atoms. The molecule has 1 aromatic heterocycles. The zero-order chi connectivity index (χ0) is 13.1. The molecule has 0 N–H and O–H groups in total. The van der Waals surface area contributed by atoms with Gasteiger partial charge >= 0.3 is 0 Å². The van der Waals surface area contributed by atoms with E-state index in [2.05, 4.69) is 0 Å². The Labute approximate surface area is 116 Å². The predicted molar refractivity (Wildman–Crippen MR) is 76.3 cm³/mol. The summed E-state index contributed by atoms with van der Waals surface area (Å²) < 4.78 is 10.5. The van der Waals surface area contributed by atoms with Crippen LogP contribution in [-0.4, -0.2) is 14.2 Å². The maximum absolute atomic E-state index is 6.55. The molecule has 0 radical (unpaired) electrons. The standard InChI is InChI=1S/C14H15ClO2S/c1-9-8-10(16-2)4-5-11(9)13(15)14-12(17-3)6-7-18-14/h4-8,13H,1-3H3. The Morgan fingerprint density at radius 1 is 1.17 bits per heavy atom. The van der Waals surface area contributed by atoms with Crippen LogP contribution < -0.4 is 9.47 Å². The van der Waals surface area contributed by atoms with Gasteiger partial charge in [-0.15, -0.1) is 22.9 Å². The van der Waals surface area contributed by atoms with Gasteiger partial charge in [0.2, 0.25) is 0 Å². The molecule has 0 amide bonds. The summed E-state index contributed by atoms with van der Waals surface area (Å²) in [5.41, 5.74) is 2.20. The molecule has 1 aromatic carbocycles. The molecule has 0 spiro atoms. The van der Waals surface area contributed by atoms with Gasteiger partial charge in [0.25, 0.3) is 0 Å². The molecular weight excluding hydrogens is 268 g/mol. The van der Waals surface area contributed by atoms with Crippen LogP contribution in [0.3, 0.4) is 0 Å². The van der Waals surface area contributed by atoms with Gasteiger partial charge in [0.15, 0.2) is 0 Å². The van der Waals surface area contributed by atoms with Crippen LogP contribution in [-0.2, 0) is 0 Å². The minimum absolute atomic E-state index is 0.189. The molecule has 0 aliphatic heterocycles. The van der Waals surface area contributed by atoms with E-state index in [9.17, 15) is 0 Å². The average molecular weight is 283 g/mol. The van der Waals surface area contributed by atoms with Crippen molar-refractivity contribution in [3.63, 3.8) is 0 Å². The first-order valence-corrected chi connectivity index (χ1v) is 6.89. The highest BCUT2D eigenvalue weighted by Crippen LogP contribution is 2.40. The molecule has 0 saturated carbocycles. The van der Waals surface area contributed by atoms with Crippen LogP contribution in [0, 0.1) is 6.92 Å². The van der Waals surface area contributed by atoms with E-state index in [1.54, 1.807) is 25.6 Å². The second kappa shape index (κ2) is 5.63. The Morgan fingerprint density at radius 3 is 2.56 bits per heavy atom. The van der Waals surface area contributed by atoms with Crippen molar-refractivity contribution in [2.24, 2.45) is 0 Å². The van der Waals surface area contributed by atoms with Crippen molar-refractivity contribution in [2.45, 2.75) is 12.3 Å². The molecule has 1 heterocycles. The largest absolute Gasteiger partial charge is 0.497 e. The first-order valence-electron chi connectivity index (χ1n) is 5.57. The van der Waals surface area contributed by atoms with Crippen LogP contribution in [0.5, 0.6) is 11.5 Å². The maximum atomic E-state index is 6.55. The first kappa shape index (κ1) is 13.2. The predicted octanol–water partition coefficient (Wildman–Crippen LogP) is 4.40. The highest BCUT2D eigenvalue weighted by atomic mass is 35.5. The second-order valence-electron chi connectivity index (χ2n) is 3.94. The zero-order valence-electron chi connectivity index (χ0n) is 10.6. The molecule has 2 aromatic rings. The van der Waals surface area contributed by atoms with Crippen LogP contribution in [0.4, 0.5) is 0 Å². The Balaban J connectivity index is 2.37. The van der Waals surface area contributed by atoms with Gasteiger partial charge in [-0.3, -0.25) is 0 Å². The summed E-state index contributed by atoms with van der Waals surface area (Å²) in [7, 11) is 3.32. The van der Waals surface area contributed by atoms with Gasteiger partial charge in [-0.05, 0) is 41.6 Å². The van der Waals surface area contributed by atoms with E-state index < -0.39 is 0 Å². The fourth-order valence-electron chi connectivity index (χ4n) is 1.86. The van der Waals surface area contributed by atoms with Crippen molar-refractivity contribution in [1.82, 2.24) is 0 Å². The smallest absolute Gasteiger partial charge is 0.134 e. The summed E-state index contributed by atoms with van der Waals surface area (Å²) in [6.45, 7) is 2.04. The number of rotatable bonds is 4. The number of halogens is 1. The summed E-state index contributed by atoms with van der Waals surface area (Å²) in [4.78, 5) is 1.03. The average Bonchev–Trinajstić information content (AvgIpc) is 2.86. The van der Waals surface area contributed by atoms with Crippen molar-refractivity contribution in [1.29, 1.82) is 0 Å². The quantitative estimate of drug-likeness (QED) is 0.774. The topological polar surface area (TPSA) is 18.5 Å². The van der Waals surface area contributed by atoms with Crippen molar-refractivity contribution in [3.8, 4) is 11.5 Å². The summed E-state index contributed by atoms with van der Waals surface area (Å²) >= 11 is 8.15. The lowest BCUT2D eigenvalue weighted by Crippen LogP contribution is -1.97. The van der Waals surface area contributed by atoms with Crippen molar-refractivity contribution in [3.05, 3.63) is 45.6 Å². The molecular formula is C14H15ClO2S. The maximum Gasteiger partial charge on any atom is 0.134 e. The highest BCUT2D eigenvalue weighted by Gasteiger charge is 2.19. The van der Waals surface area contributed by atoms with Gasteiger partial charge in [0, 0.05) is 0 Å². The van der Waals surface area contributed by atoms with Crippen molar-refractivity contribution >= 4 is 22.9 Å². The van der Waals surface area contributed by atoms with Gasteiger partial charge in [0.05, 0.1) is 24.5 Å². The number of ether oxygens (including phenoxy) is 2. The molecule has 0 aliphatic rings. The van der Waals surface area contributed by atoms with Crippen LogP contribution in [0.25, 0.3) is 0 Å². The number of methoxy groups -OCH3 is 2. The van der Waals surface area contributed by atoms with E-state index in [-0.39, 0.29) is 5.38 Å². The fourth-order valence-corrected chi connectivity index (χ4v) is 3.22. The zero-order valence-corrected chi connectivity index (χ0v) is 12.1. The van der Waals surface area contributed by atoms with E-state index in [0.29, 0.717) is 0 Å². The Bertz CT molecular complexity index is 536. The first-order chi connectivity index (χ1) is 8.67. The number of alkyl halides is 1. The van der Waals surface area contributed by atoms with Gasteiger partial charge in [0.1, 0.15) is 11.5 Å². The number of hydrogen-bond acceptors (Lipinski definition) is 3. The summed E-state index contributed by atoms with van der Waals surface area (Å²) in [6.07, 6.45) is 0. The second-order valence-corrected chi connectivity index (χ2v) is 5.32. The molecule has 1 atom stereocenters. The SMILES string of the molecule is COc1ccc(C(Cl)c2sccc2OC)c(C)c1. The van der Waals surface area contributed by atoms with Gasteiger partial charge in [-0.1, -0.05) is 6.07 Å². The Morgan fingerprint density at radius 2 is 1.94 bits per heavy atom. The van der Waals surface area contributed by atoms with E-state index in [1.165, 1.54) is 0 Å². The van der Waals surface area contributed by atoms with Crippen molar-refractivity contribution in [2.75, 3.05) is 14.2 Å². The lowest BCUT2D eigenvalue weighted by atomic mass is 10.0. The molecule has 4 heteroatoms. The lowest BCUT2D eigenvalue weighted by Gasteiger charge is -2.14. The fraction of sp³-hybridized carbons (Fsp3) is 0.286. The molecule has 1 unspecified atom stereocenters. The van der Waals surface area contributed by atoms with E-state index in [0.717, 1.165) is 27.5 Å². The molecule has 0 fully saturated rings. The summed E-state index contributed by atoms with van der Waals surface area (Å²) in [5, 5.41) is 1.80. The molecule has 0 aliphatic carbocycles. The van der Waals surface area contributed by atoms with Crippen LogP contribution >= 0.6 is 22.9 Å². The molecule has 0 bridgehead atoms. The summed E-state index contributed by atoms with van der Waals surface area (Å²) in [5.74, 6) is 1.69. The number of aryl methyl sites for hydroxylation is 1. The van der Waals surface area contributed by atoms with Gasteiger partial charge in [-0.2, -0.15) is 0 Å². The minimum Gasteiger partial charge on any atom is -0.497 e. The third-order valence-corrected chi connectivity index (χ3v) is 4.40. The Kier molecular flexibility index (Phi) is 4.15. The molecule has 0 saturated heterocycles. The Hall–Kier alpha value is -1.19. The normalized spacial score (nSPS) is 12.2. The summed E-state index contributed by atoms with van der Waals surface area (Å²) in [6, 6.07) is 7.86. The third kappa shape index (κ3) is 2.47. The van der Waals surface area contributed by atoms with Crippen LogP contribution in [0.15, 0.2) is 29.6 Å². The number of thiophene rings is 1. The van der Waals surface area contributed by atoms with Crippen LogP contribution in [0.1, 0.15) is 21.4 Å². The van der Waals surface area contributed by atoms with Gasteiger partial charge in [-0.25, -0.2) is 0 Å². The molecule has 96 valence electrons. The third-order valence-electron chi connectivity index (χ3n) is 2.86. The molecule has 2 rings (SSSR count). The monoisotopic (exact) mass is 282 g/mol. The number of hydrogen-bond donors (Lipinski definition) is 0. The minimum atomic E-state index is -0.189. The van der Waals surface area contributed by atoms with E-state index in [4.69, 9.17) is 21.1 Å². The van der Waals surface area contributed by atoms with Gasteiger partial charge < -0.3 is 9.47 Å². The van der Waals surface area contributed by atoms with Crippen LogP contribution in [0.2, 0.25) is 0 Å². The molecule has 2 nitrogen and oxygen atoms in total. The van der Waals surface area contributed by atoms with Crippen molar-refractivity contribution < 1.29 is 9.47 Å².